The summed E-state index contributed by atoms with van der Waals surface area (Å²) in [6.07, 6.45) is 6.95. The number of hydrogen-bond donors (Lipinski definition) is 1. The van der Waals surface area contributed by atoms with Gasteiger partial charge in [0.05, 0.1) is 11.4 Å². The van der Waals surface area contributed by atoms with E-state index in [1.165, 1.54) is 25.7 Å². The zero-order chi connectivity index (χ0) is 11.4. The molecule has 1 aliphatic rings. The molecule has 0 spiro atoms. The third kappa shape index (κ3) is 2.49. The molecule has 0 aromatic carbocycles. The predicted octanol–water partition coefficient (Wildman–Crippen LogP) is 2.35. The molecule has 4 heteroatoms. The minimum atomic E-state index is 0.555. The van der Waals surface area contributed by atoms with Crippen molar-refractivity contribution in [3.05, 3.63) is 11.4 Å². The Bertz CT molecular complexity index is 345. The monoisotopic (exact) mass is 220 g/mol. The maximum Gasteiger partial charge on any atom is 0.243 e. The minimum absolute atomic E-state index is 0.555. The van der Waals surface area contributed by atoms with Crippen LogP contribution in [0.3, 0.4) is 0 Å². The third-order valence-corrected chi connectivity index (χ3v) is 3.20. The summed E-state index contributed by atoms with van der Waals surface area (Å²) in [5.41, 5.74) is 2.11. The smallest absolute Gasteiger partial charge is 0.243 e. The summed E-state index contributed by atoms with van der Waals surface area (Å²) in [5, 5.41) is 11.8. The molecule has 2 rings (SSSR count). The molecule has 1 heterocycles. The van der Waals surface area contributed by atoms with Crippen molar-refractivity contribution in [2.75, 3.05) is 5.32 Å². The van der Waals surface area contributed by atoms with Gasteiger partial charge in [-0.1, -0.05) is 26.7 Å². The molecule has 0 saturated heterocycles. The van der Waals surface area contributed by atoms with Gasteiger partial charge in [0, 0.05) is 6.04 Å². The quantitative estimate of drug-likeness (QED) is 0.846. The average Bonchev–Trinajstić information content (AvgIpc) is 2.81. The van der Waals surface area contributed by atoms with Crippen LogP contribution in [0.5, 0.6) is 0 Å². The Labute approximate surface area is 96.9 Å². The Kier molecular flexibility index (Phi) is 3.70. The van der Waals surface area contributed by atoms with Gasteiger partial charge in [-0.3, -0.25) is 0 Å². The molecular weight excluding hydrogens is 200 g/mol. The molecule has 1 aromatic rings. The Hall–Kier alpha value is -1.19. The summed E-state index contributed by atoms with van der Waals surface area (Å²) >= 11 is 0. The third-order valence-electron chi connectivity index (χ3n) is 3.20. The maximum absolute atomic E-state index is 4.54. The lowest BCUT2D eigenvalue weighted by Crippen LogP contribution is -2.18. The van der Waals surface area contributed by atoms with Crippen molar-refractivity contribution in [2.45, 2.75) is 58.4 Å². The standard InChI is InChI=1S/C12H20N4/c1-3-10-11(4-2)15-16-12(14-10)13-9-7-5-6-8-9/h9H,3-8H2,1-2H3,(H,13,14,16). The van der Waals surface area contributed by atoms with Crippen LogP contribution in [0, 0.1) is 0 Å². The molecule has 0 amide bonds. The van der Waals surface area contributed by atoms with Crippen LogP contribution >= 0.6 is 0 Å². The van der Waals surface area contributed by atoms with Crippen LogP contribution in [0.15, 0.2) is 0 Å². The first-order valence-electron chi connectivity index (χ1n) is 6.32. The van der Waals surface area contributed by atoms with Gasteiger partial charge in [-0.2, -0.15) is 5.10 Å². The fourth-order valence-corrected chi connectivity index (χ4v) is 2.25. The fourth-order valence-electron chi connectivity index (χ4n) is 2.25. The molecule has 0 radical (unpaired) electrons. The molecule has 0 bridgehead atoms. The van der Waals surface area contributed by atoms with E-state index in [4.69, 9.17) is 0 Å². The van der Waals surface area contributed by atoms with Gasteiger partial charge in [-0.25, -0.2) is 4.98 Å². The van der Waals surface area contributed by atoms with Gasteiger partial charge in [0.1, 0.15) is 0 Å². The van der Waals surface area contributed by atoms with E-state index in [-0.39, 0.29) is 0 Å². The molecule has 1 aliphatic carbocycles. The summed E-state index contributed by atoms with van der Waals surface area (Å²) in [5.74, 6) is 0.709. The predicted molar refractivity (Wildman–Crippen MR) is 64.5 cm³/mol. The van der Waals surface area contributed by atoms with Crippen LogP contribution in [0.25, 0.3) is 0 Å². The summed E-state index contributed by atoms with van der Waals surface area (Å²) in [6, 6.07) is 0.555. The Morgan fingerprint density at radius 1 is 1.06 bits per heavy atom. The zero-order valence-electron chi connectivity index (χ0n) is 10.2. The van der Waals surface area contributed by atoms with Gasteiger partial charge < -0.3 is 5.32 Å². The molecule has 0 unspecified atom stereocenters. The highest BCUT2D eigenvalue weighted by Crippen LogP contribution is 2.20. The first-order chi connectivity index (χ1) is 7.83. The van der Waals surface area contributed by atoms with Crippen LogP contribution < -0.4 is 5.32 Å². The average molecular weight is 220 g/mol. The number of rotatable bonds is 4. The van der Waals surface area contributed by atoms with Gasteiger partial charge in [-0.15, -0.1) is 5.10 Å². The lowest BCUT2D eigenvalue weighted by molar-refractivity contribution is 0.726. The van der Waals surface area contributed by atoms with E-state index in [0.717, 1.165) is 24.2 Å². The summed E-state index contributed by atoms with van der Waals surface area (Å²) in [4.78, 5) is 4.54. The highest BCUT2D eigenvalue weighted by atomic mass is 15.2. The molecule has 16 heavy (non-hydrogen) atoms. The molecule has 0 atom stereocenters. The lowest BCUT2D eigenvalue weighted by atomic mass is 10.2. The van der Waals surface area contributed by atoms with Crippen LogP contribution in [-0.2, 0) is 12.8 Å². The van der Waals surface area contributed by atoms with E-state index in [9.17, 15) is 0 Å². The topological polar surface area (TPSA) is 50.7 Å². The van der Waals surface area contributed by atoms with Crippen LogP contribution in [0.1, 0.15) is 50.9 Å². The minimum Gasteiger partial charge on any atom is -0.350 e. The molecule has 1 saturated carbocycles. The molecule has 1 aromatic heterocycles. The fraction of sp³-hybridized carbons (Fsp3) is 0.750. The molecule has 1 N–H and O–H groups in total. The summed E-state index contributed by atoms with van der Waals surface area (Å²) in [6.45, 7) is 4.21. The largest absolute Gasteiger partial charge is 0.350 e. The van der Waals surface area contributed by atoms with Gasteiger partial charge in [-0.05, 0) is 25.7 Å². The van der Waals surface area contributed by atoms with Crippen LogP contribution in [0.4, 0.5) is 5.95 Å². The van der Waals surface area contributed by atoms with Gasteiger partial charge in [0.15, 0.2) is 0 Å². The second kappa shape index (κ2) is 5.23. The van der Waals surface area contributed by atoms with Crippen molar-refractivity contribution in [3.63, 3.8) is 0 Å². The molecule has 1 fully saturated rings. The Morgan fingerprint density at radius 2 is 1.75 bits per heavy atom. The Morgan fingerprint density at radius 3 is 2.38 bits per heavy atom. The van der Waals surface area contributed by atoms with E-state index >= 15 is 0 Å². The molecule has 0 aliphatic heterocycles. The number of nitrogens with zero attached hydrogens (tertiary/aromatic N) is 3. The van der Waals surface area contributed by atoms with Crippen molar-refractivity contribution in [3.8, 4) is 0 Å². The van der Waals surface area contributed by atoms with Gasteiger partial charge >= 0.3 is 0 Å². The van der Waals surface area contributed by atoms with Crippen LogP contribution in [0.2, 0.25) is 0 Å². The second-order valence-electron chi connectivity index (χ2n) is 4.36. The number of nitrogens with one attached hydrogen (secondary N) is 1. The number of hydrogen-bond acceptors (Lipinski definition) is 4. The van der Waals surface area contributed by atoms with Crippen molar-refractivity contribution < 1.29 is 0 Å². The molecule has 4 nitrogen and oxygen atoms in total. The van der Waals surface area contributed by atoms with Crippen LogP contribution in [-0.4, -0.2) is 21.2 Å². The first kappa shape index (κ1) is 11.3. The van der Waals surface area contributed by atoms with E-state index in [1.54, 1.807) is 0 Å². The molecule has 88 valence electrons. The summed E-state index contributed by atoms with van der Waals surface area (Å²) < 4.78 is 0. The summed E-state index contributed by atoms with van der Waals surface area (Å²) in [7, 11) is 0. The van der Waals surface area contributed by atoms with E-state index < -0.39 is 0 Å². The maximum atomic E-state index is 4.54. The lowest BCUT2D eigenvalue weighted by Gasteiger charge is -2.12. The number of anilines is 1. The second-order valence-corrected chi connectivity index (χ2v) is 4.36. The number of aryl methyl sites for hydroxylation is 2. The SMILES string of the molecule is CCc1nnc(NC2CCCC2)nc1CC. The first-order valence-corrected chi connectivity index (χ1v) is 6.32. The zero-order valence-corrected chi connectivity index (χ0v) is 10.2. The van der Waals surface area contributed by atoms with Gasteiger partial charge in [0.2, 0.25) is 5.95 Å². The normalized spacial score (nSPS) is 16.6. The van der Waals surface area contributed by atoms with E-state index in [2.05, 4.69) is 34.3 Å². The highest BCUT2D eigenvalue weighted by molar-refractivity contribution is 5.27. The van der Waals surface area contributed by atoms with Crippen molar-refractivity contribution >= 4 is 5.95 Å². The highest BCUT2D eigenvalue weighted by Gasteiger charge is 2.16. The van der Waals surface area contributed by atoms with E-state index in [1.807, 2.05) is 0 Å². The number of aromatic nitrogens is 3. The van der Waals surface area contributed by atoms with Crippen molar-refractivity contribution in [1.29, 1.82) is 0 Å². The Balaban J connectivity index is 2.09. The van der Waals surface area contributed by atoms with Crippen molar-refractivity contribution in [2.24, 2.45) is 0 Å². The van der Waals surface area contributed by atoms with Crippen molar-refractivity contribution in [1.82, 2.24) is 15.2 Å². The van der Waals surface area contributed by atoms with E-state index in [0.29, 0.717) is 12.0 Å². The van der Waals surface area contributed by atoms with Gasteiger partial charge in [0.25, 0.3) is 0 Å². The molecular formula is C12H20N4.